The minimum Gasteiger partial charge on any atom is -0.322 e. The van der Waals surface area contributed by atoms with Crippen molar-refractivity contribution >= 4 is 11.6 Å². The van der Waals surface area contributed by atoms with Gasteiger partial charge in [-0.15, -0.1) is 0 Å². The molecule has 11 heavy (non-hydrogen) atoms. The lowest BCUT2D eigenvalue weighted by Gasteiger charge is -2.29. The predicted octanol–water partition coefficient (Wildman–Crippen LogP) is 2.57. The summed E-state index contributed by atoms with van der Waals surface area (Å²) in [5, 5.41) is 0.824. The summed E-state index contributed by atoms with van der Waals surface area (Å²) in [5.41, 5.74) is 7.09. The second kappa shape index (κ2) is 3.00. The zero-order chi connectivity index (χ0) is 8.48. The van der Waals surface area contributed by atoms with E-state index in [1.54, 1.807) is 0 Å². The summed E-state index contributed by atoms with van der Waals surface area (Å²) < 4.78 is 0. The molecule has 2 heteroatoms. The quantitative estimate of drug-likeness (QED) is 0.645. The molecule has 1 atom stereocenters. The number of hydrogen-bond donors (Lipinski definition) is 1. The van der Waals surface area contributed by atoms with Crippen LogP contribution in [-0.2, 0) is 0 Å². The fourth-order valence-corrected chi connectivity index (χ4v) is 1.55. The molecule has 0 aromatic rings. The molecule has 1 nitrogen and oxygen atoms in total. The van der Waals surface area contributed by atoms with Crippen molar-refractivity contribution in [2.75, 3.05) is 0 Å². The molecule has 0 aliphatic heterocycles. The summed E-state index contributed by atoms with van der Waals surface area (Å²) in [7, 11) is 0. The van der Waals surface area contributed by atoms with Crippen LogP contribution in [-0.4, -0.2) is 5.54 Å². The summed E-state index contributed by atoms with van der Waals surface area (Å²) >= 11 is 5.85. The lowest BCUT2D eigenvalue weighted by molar-refractivity contribution is 0.535. The molecule has 1 aliphatic rings. The Hall–Kier alpha value is -0.270. The van der Waals surface area contributed by atoms with E-state index in [2.05, 4.69) is 6.92 Å². The second-order valence-electron chi connectivity index (χ2n) is 3.23. The van der Waals surface area contributed by atoms with Crippen molar-refractivity contribution < 1.29 is 0 Å². The fraction of sp³-hybridized carbons (Fsp3) is 0.556. The lowest BCUT2D eigenvalue weighted by Crippen LogP contribution is -2.38. The predicted molar refractivity (Wildman–Crippen MR) is 49.5 cm³/mol. The molecule has 0 fully saturated rings. The van der Waals surface area contributed by atoms with Crippen molar-refractivity contribution in [1.29, 1.82) is 0 Å². The van der Waals surface area contributed by atoms with Gasteiger partial charge >= 0.3 is 0 Å². The number of allylic oxidation sites excluding steroid dienone is 2. The minimum absolute atomic E-state index is 0.173. The zero-order valence-corrected chi connectivity index (χ0v) is 7.78. The molecule has 1 unspecified atom stereocenters. The molecule has 1 rings (SSSR count). The van der Waals surface area contributed by atoms with Crippen molar-refractivity contribution in [3.8, 4) is 0 Å². The Balaban J connectivity index is 2.89. The van der Waals surface area contributed by atoms with E-state index in [0.717, 1.165) is 17.9 Å². The Labute approximate surface area is 72.9 Å². The van der Waals surface area contributed by atoms with Crippen molar-refractivity contribution in [1.82, 2.24) is 0 Å². The normalized spacial score (nSPS) is 31.3. The summed E-state index contributed by atoms with van der Waals surface area (Å²) in [6, 6.07) is 0. The molecular formula is C9H14ClN. The highest BCUT2D eigenvalue weighted by molar-refractivity contribution is 6.31. The van der Waals surface area contributed by atoms with E-state index in [-0.39, 0.29) is 5.54 Å². The third-order valence-corrected chi connectivity index (χ3v) is 2.41. The number of halogens is 1. The summed E-state index contributed by atoms with van der Waals surface area (Å²) in [5.74, 6) is 0. The maximum Gasteiger partial charge on any atom is 0.0379 e. The smallest absolute Gasteiger partial charge is 0.0379 e. The molecular weight excluding hydrogens is 158 g/mol. The van der Waals surface area contributed by atoms with Gasteiger partial charge in [0.05, 0.1) is 0 Å². The van der Waals surface area contributed by atoms with E-state index >= 15 is 0 Å². The standard InChI is InChI=1S/C9H14ClN/c1-3-7-6-8(10)4-5-9(7,2)11/h4,6H,3,5,11H2,1-2H3. The van der Waals surface area contributed by atoms with Crippen LogP contribution in [0.15, 0.2) is 22.8 Å². The van der Waals surface area contributed by atoms with Crippen molar-refractivity contribution in [3.63, 3.8) is 0 Å². The zero-order valence-electron chi connectivity index (χ0n) is 7.02. The van der Waals surface area contributed by atoms with Crippen LogP contribution in [0, 0.1) is 0 Å². The maximum atomic E-state index is 6.02. The Morgan fingerprint density at radius 2 is 2.36 bits per heavy atom. The Morgan fingerprint density at radius 3 is 2.82 bits per heavy atom. The highest BCUT2D eigenvalue weighted by Gasteiger charge is 2.24. The van der Waals surface area contributed by atoms with E-state index in [9.17, 15) is 0 Å². The van der Waals surface area contributed by atoms with Gasteiger partial charge in [0.15, 0.2) is 0 Å². The summed E-state index contributed by atoms with van der Waals surface area (Å²) in [6.07, 6.45) is 5.79. The van der Waals surface area contributed by atoms with Gasteiger partial charge in [0.1, 0.15) is 0 Å². The molecule has 0 spiro atoms. The molecule has 1 aliphatic carbocycles. The van der Waals surface area contributed by atoms with Crippen LogP contribution in [0.3, 0.4) is 0 Å². The van der Waals surface area contributed by atoms with E-state index in [4.69, 9.17) is 17.3 Å². The van der Waals surface area contributed by atoms with E-state index in [0.29, 0.717) is 0 Å². The van der Waals surface area contributed by atoms with E-state index in [1.807, 2.05) is 19.1 Å². The van der Waals surface area contributed by atoms with Gasteiger partial charge in [0, 0.05) is 10.6 Å². The molecule has 0 saturated heterocycles. The first-order valence-corrected chi connectivity index (χ1v) is 4.29. The third-order valence-electron chi connectivity index (χ3n) is 2.15. The molecule has 0 radical (unpaired) electrons. The van der Waals surface area contributed by atoms with Crippen LogP contribution in [0.1, 0.15) is 26.7 Å². The molecule has 0 amide bonds. The molecule has 0 aromatic heterocycles. The Morgan fingerprint density at radius 1 is 1.73 bits per heavy atom. The van der Waals surface area contributed by atoms with Gasteiger partial charge in [0.2, 0.25) is 0 Å². The van der Waals surface area contributed by atoms with Crippen molar-refractivity contribution in [3.05, 3.63) is 22.8 Å². The first-order chi connectivity index (χ1) is 5.06. The van der Waals surface area contributed by atoms with Gasteiger partial charge in [-0.3, -0.25) is 0 Å². The van der Waals surface area contributed by atoms with Gasteiger partial charge in [0.25, 0.3) is 0 Å². The highest BCUT2D eigenvalue weighted by Crippen LogP contribution is 2.28. The highest BCUT2D eigenvalue weighted by atomic mass is 35.5. The van der Waals surface area contributed by atoms with Gasteiger partial charge in [-0.25, -0.2) is 0 Å². The fourth-order valence-electron chi connectivity index (χ4n) is 1.34. The van der Waals surface area contributed by atoms with E-state index < -0.39 is 0 Å². The summed E-state index contributed by atoms with van der Waals surface area (Å²) in [6.45, 7) is 4.15. The third kappa shape index (κ3) is 1.85. The number of rotatable bonds is 1. The van der Waals surface area contributed by atoms with Gasteiger partial charge in [-0.2, -0.15) is 0 Å². The largest absolute Gasteiger partial charge is 0.322 e. The second-order valence-corrected chi connectivity index (χ2v) is 3.67. The van der Waals surface area contributed by atoms with Crippen LogP contribution in [0.4, 0.5) is 0 Å². The SMILES string of the molecule is CCC1=CC(Cl)=CCC1(C)N. The average molecular weight is 172 g/mol. The lowest BCUT2D eigenvalue weighted by atomic mass is 9.84. The van der Waals surface area contributed by atoms with Gasteiger partial charge in [-0.05, 0) is 31.4 Å². The van der Waals surface area contributed by atoms with E-state index in [1.165, 1.54) is 5.57 Å². The number of hydrogen-bond acceptors (Lipinski definition) is 1. The average Bonchev–Trinajstić information content (AvgIpc) is 1.94. The van der Waals surface area contributed by atoms with Gasteiger partial charge in [-0.1, -0.05) is 24.6 Å². The van der Waals surface area contributed by atoms with Crippen LogP contribution in [0.25, 0.3) is 0 Å². The Kier molecular flexibility index (Phi) is 2.40. The molecule has 0 saturated carbocycles. The van der Waals surface area contributed by atoms with Crippen LogP contribution >= 0.6 is 11.6 Å². The van der Waals surface area contributed by atoms with Crippen molar-refractivity contribution in [2.45, 2.75) is 32.2 Å². The van der Waals surface area contributed by atoms with Crippen LogP contribution in [0.5, 0.6) is 0 Å². The molecule has 2 N–H and O–H groups in total. The van der Waals surface area contributed by atoms with Crippen LogP contribution in [0.2, 0.25) is 0 Å². The molecule has 0 aromatic carbocycles. The molecule has 0 heterocycles. The van der Waals surface area contributed by atoms with Gasteiger partial charge < -0.3 is 5.73 Å². The summed E-state index contributed by atoms with van der Waals surface area (Å²) in [4.78, 5) is 0. The molecule has 0 bridgehead atoms. The minimum atomic E-state index is -0.173. The first-order valence-electron chi connectivity index (χ1n) is 3.92. The number of nitrogens with two attached hydrogens (primary N) is 1. The maximum absolute atomic E-state index is 6.02. The van der Waals surface area contributed by atoms with Crippen molar-refractivity contribution in [2.24, 2.45) is 5.73 Å². The Bertz CT molecular complexity index is 214. The first kappa shape index (κ1) is 8.82. The monoisotopic (exact) mass is 171 g/mol. The van der Waals surface area contributed by atoms with Crippen LogP contribution < -0.4 is 5.73 Å². The topological polar surface area (TPSA) is 26.0 Å². The molecule has 62 valence electrons.